The van der Waals surface area contributed by atoms with Gasteiger partial charge < -0.3 is 15.0 Å². The molecule has 1 saturated heterocycles. The Hall–Kier alpha value is -2.08. The summed E-state index contributed by atoms with van der Waals surface area (Å²) < 4.78 is 5.46. The fraction of sp³-hybridized carbons (Fsp3) is 0.500. The molecule has 3 rings (SSSR count). The zero-order chi connectivity index (χ0) is 23.1. The van der Waals surface area contributed by atoms with E-state index in [1.165, 1.54) is 11.1 Å². The van der Waals surface area contributed by atoms with Crippen LogP contribution in [-0.2, 0) is 11.3 Å². The number of amides is 2. The van der Waals surface area contributed by atoms with E-state index in [0.29, 0.717) is 29.9 Å². The molecule has 6 heteroatoms. The number of ether oxygens (including phenoxy) is 1. The number of benzene rings is 2. The summed E-state index contributed by atoms with van der Waals surface area (Å²) in [6, 6.07) is 14.0. The number of para-hydroxylation sites is 1. The Morgan fingerprint density at radius 2 is 1.62 bits per heavy atom. The lowest BCUT2D eigenvalue weighted by molar-refractivity contribution is 0.0349. The van der Waals surface area contributed by atoms with Gasteiger partial charge in [0.15, 0.2) is 0 Å². The van der Waals surface area contributed by atoms with Crippen molar-refractivity contribution in [3.63, 3.8) is 0 Å². The maximum absolute atomic E-state index is 13.6. The number of carbonyl (C=O) groups excluding carboxylic acids is 1. The Kier molecular flexibility index (Phi) is 8.97. The highest BCUT2D eigenvalue weighted by molar-refractivity contribution is 6.30. The Balaban J connectivity index is 1.81. The topological polar surface area (TPSA) is 44.8 Å². The molecule has 0 bridgehead atoms. The van der Waals surface area contributed by atoms with Crippen LogP contribution < -0.4 is 5.32 Å². The molecular weight excluding hydrogens is 422 g/mol. The van der Waals surface area contributed by atoms with E-state index < -0.39 is 0 Å². The highest BCUT2D eigenvalue weighted by Crippen LogP contribution is 2.32. The highest BCUT2D eigenvalue weighted by atomic mass is 35.5. The van der Waals surface area contributed by atoms with E-state index in [2.05, 4.69) is 56.1 Å². The quantitative estimate of drug-likeness (QED) is 0.532. The van der Waals surface area contributed by atoms with Crippen molar-refractivity contribution in [2.24, 2.45) is 0 Å². The van der Waals surface area contributed by atoms with Gasteiger partial charge in [-0.25, -0.2) is 4.79 Å². The summed E-state index contributed by atoms with van der Waals surface area (Å²) in [6.07, 6.45) is 0. The summed E-state index contributed by atoms with van der Waals surface area (Å²) in [4.78, 5) is 17.8. The summed E-state index contributed by atoms with van der Waals surface area (Å²) in [5.41, 5.74) is 4.36. The third-order valence-corrected chi connectivity index (χ3v) is 6.22. The van der Waals surface area contributed by atoms with E-state index in [1.807, 2.05) is 29.2 Å². The third-order valence-electron chi connectivity index (χ3n) is 5.97. The molecule has 2 amide bonds. The van der Waals surface area contributed by atoms with Crippen molar-refractivity contribution in [1.29, 1.82) is 0 Å². The Morgan fingerprint density at radius 1 is 1.03 bits per heavy atom. The van der Waals surface area contributed by atoms with Crippen molar-refractivity contribution in [1.82, 2.24) is 9.80 Å². The second-order valence-corrected chi connectivity index (χ2v) is 9.49. The van der Waals surface area contributed by atoms with Crippen LogP contribution in [0.25, 0.3) is 0 Å². The van der Waals surface area contributed by atoms with Gasteiger partial charge in [-0.15, -0.1) is 0 Å². The first-order chi connectivity index (χ1) is 15.3. The van der Waals surface area contributed by atoms with Gasteiger partial charge in [0.05, 0.1) is 13.2 Å². The number of rotatable bonds is 8. The fourth-order valence-electron chi connectivity index (χ4n) is 4.03. The molecule has 2 aromatic carbocycles. The van der Waals surface area contributed by atoms with Crippen LogP contribution in [0, 0.1) is 0 Å². The number of nitrogens with one attached hydrogen (secondary N) is 1. The third kappa shape index (κ3) is 6.71. The lowest BCUT2D eigenvalue weighted by Gasteiger charge is -2.31. The molecule has 5 nitrogen and oxygen atoms in total. The molecule has 174 valence electrons. The number of halogens is 1. The molecular formula is C26H36ClN3O2. The van der Waals surface area contributed by atoms with Gasteiger partial charge >= 0.3 is 6.03 Å². The van der Waals surface area contributed by atoms with Crippen LogP contribution in [0.15, 0.2) is 42.5 Å². The van der Waals surface area contributed by atoms with Gasteiger partial charge in [-0.1, -0.05) is 69.6 Å². The minimum Gasteiger partial charge on any atom is -0.379 e. The lowest BCUT2D eigenvalue weighted by Crippen LogP contribution is -2.44. The van der Waals surface area contributed by atoms with E-state index in [9.17, 15) is 4.79 Å². The average molecular weight is 458 g/mol. The molecule has 1 N–H and O–H groups in total. The van der Waals surface area contributed by atoms with E-state index >= 15 is 0 Å². The number of anilines is 1. The van der Waals surface area contributed by atoms with Crippen molar-refractivity contribution in [3.8, 4) is 0 Å². The monoisotopic (exact) mass is 457 g/mol. The standard InChI is InChI=1S/C26H36ClN3O2/c1-19(2)23-6-5-7-24(20(3)4)25(23)28-26(31)30(13-12-29-14-16-32-17-15-29)18-21-8-10-22(27)11-9-21/h5-11,19-20H,12-18H2,1-4H3,(H,28,31). The molecule has 0 atom stereocenters. The second-order valence-electron chi connectivity index (χ2n) is 9.05. The van der Waals surface area contributed by atoms with Crippen molar-refractivity contribution >= 4 is 23.3 Å². The van der Waals surface area contributed by atoms with Gasteiger partial charge in [0.1, 0.15) is 0 Å². The van der Waals surface area contributed by atoms with Crippen LogP contribution in [0.1, 0.15) is 56.2 Å². The first-order valence-corrected chi connectivity index (χ1v) is 12.0. The molecule has 1 aliphatic rings. The van der Waals surface area contributed by atoms with E-state index in [4.69, 9.17) is 16.3 Å². The van der Waals surface area contributed by atoms with E-state index in [-0.39, 0.29) is 6.03 Å². The zero-order valence-electron chi connectivity index (χ0n) is 19.7. The summed E-state index contributed by atoms with van der Waals surface area (Å²) >= 11 is 6.06. The molecule has 0 radical (unpaired) electrons. The maximum Gasteiger partial charge on any atom is 0.322 e. The Bertz CT molecular complexity index is 851. The van der Waals surface area contributed by atoms with Crippen LogP contribution in [0.4, 0.5) is 10.5 Å². The molecule has 0 aliphatic carbocycles. The predicted octanol–water partition coefficient (Wildman–Crippen LogP) is 5.95. The Labute approximate surface area is 197 Å². The molecule has 0 aromatic heterocycles. The normalized spacial score (nSPS) is 14.7. The van der Waals surface area contributed by atoms with Gasteiger partial charge in [0.2, 0.25) is 0 Å². The van der Waals surface area contributed by atoms with Crippen LogP contribution >= 0.6 is 11.6 Å². The largest absolute Gasteiger partial charge is 0.379 e. The van der Waals surface area contributed by atoms with Crippen molar-refractivity contribution in [3.05, 3.63) is 64.2 Å². The highest BCUT2D eigenvalue weighted by Gasteiger charge is 2.21. The molecule has 1 aliphatic heterocycles. The molecule has 2 aromatic rings. The number of urea groups is 1. The molecule has 0 unspecified atom stereocenters. The summed E-state index contributed by atoms with van der Waals surface area (Å²) in [5, 5.41) is 3.98. The molecule has 1 fully saturated rings. The number of morpholine rings is 1. The van der Waals surface area contributed by atoms with Crippen molar-refractivity contribution in [2.45, 2.75) is 46.1 Å². The zero-order valence-corrected chi connectivity index (χ0v) is 20.5. The van der Waals surface area contributed by atoms with Crippen LogP contribution in [0.3, 0.4) is 0 Å². The number of nitrogens with zero attached hydrogens (tertiary/aromatic N) is 2. The van der Waals surface area contributed by atoms with Crippen molar-refractivity contribution in [2.75, 3.05) is 44.7 Å². The molecule has 32 heavy (non-hydrogen) atoms. The molecule has 0 spiro atoms. The summed E-state index contributed by atoms with van der Waals surface area (Å²) in [5.74, 6) is 0.643. The first-order valence-electron chi connectivity index (χ1n) is 11.6. The molecule has 1 heterocycles. The van der Waals surface area contributed by atoms with Gasteiger partial charge in [0.25, 0.3) is 0 Å². The summed E-state index contributed by atoms with van der Waals surface area (Å²) in [7, 11) is 0. The Morgan fingerprint density at radius 3 is 2.19 bits per heavy atom. The van der Waals surface area contributed by atoms with E-state index in [1.54, 1.807) is 0 Å². The fourth-order valence-corrected chi connectivity index (χ4v) is 4.16. The summed E-state index contributed by atoms with van der Waals surface area (Å²) in [6.45, 7) is 14.0. The van der Waals surface area contributed by atoms with Gasteiger partial charge in [-0.2, -0.15) is 0 Å². The SMILES string of the molecule is CC(C)c1cccc(C(C)C)c1NC(=O)N(CCN1CCOCC1)Cc1ccc(Cl)cc1. The molecule has 0 saturated carbocycles. The van der Waals surface area contributed by atoms with Gasteiger partial charge in [-0.05, 0) is 40.7 Å². The van der Waals surface area contributed by atoms with Crippen molar-refractivity contribution < 1.29 is 9.53 Å². The second kappa shape index (κ2) is 11.7. The van der Waals surface area contributed by atoms with E-state index in [0.717, 1.165) is 44.1 Å². The maximum atomic E-state index is 13.6. The average Bonchev–Trinajstić information content (AvgIpc) is 2.78. The first kappa shape index (κ1) is 24.6. The predicted molar refractivity (Wildman–Crippen MR) is 133 cm³/mol. The lowest BCUT2D eigenvalue weighted by atomic mass is 9.93. The van der Waals surface area contributed by atoms with Crippen LogP contribution in [0.2, 0.25) is 5.02 Å². The number of hydrogen-bond donors (Lipinski definition) is 1. The number of carbonyl (C=O) groups is 1. The minimum absolute atomic E-state index is 0.0665. The van der Waals surface area contributed by atoms with Gasteiger partial charge in [-0.3, -0.25) is 4.90 Å². The number of hydrogen-bond acceptors (Lipinski definition) is 3. The van der Waals surface area contributed by atoms with Crippen LogP contribution in [0.5, 0.6) is 0 Å². The smallest absolute Gasteiger partial charge is 0.322 e. The van der Waals surface area contributed by atoms with Crippen LogP contribution in [-0.4, -0.2) is 55.2 Å². The van der Waals surface area contributed by atoms with Gasteiger partial charge in [0, 0.05) is 43.4 Å². The minimum atomic E-state index is -0.0665.